The maximum Gasteiger partial charge on any atom is 0.189 e. The molecule has 1 aromatic heterocycles. The first-order chi connectivity index (χ1) is 6.13. The zero-order chi connectivity index (χ0) is 9.59. The number of aromatic amines is 1. The van der Waals surface area contributed by atoms with Crippen molar-refractivity contribution < 1.29 is 8.78 Å². The van der Waals surface area contributed by atoms with Crippen LogP contribution >= 0.6 is 31.9 Å². The van der Waals surface area contributed by atoms with Crippen molar-refractivity contribution in [2.45, 2.75) is 0 Å². The third-order valence-corrected chi connectivity index (χ3v) is 3.59. The molecule has 0 amide bonds. The van der Waals surface area contributed by atoms with Gasteiger partial charge in [-0.15, -0.1) is 0 Å². The van der Waals surface area contributed by atoms with E-state index in [1.807, 2.05) is 0 Å². The lowest BCUT2D eigenvalue weighted by Crippen LogP contribution is -1.89. The van der Waals surface area contributed by atoms with Gasteiger partial charge in [0.1, 0.15) is 5.52 Å². The van der Waals surface area contributed by atoms with Crippen LogP contribution in [-0.4, -0.2) is 15.4 Å². The van der Waals surface area contributed by atoms with Crippen LogP contribution < -0.4 is 0 Å². The second-order valence-electron chi connectivity index (χ2n) is 2.28. The van der Waals surface area contributed by atoms with Gasteiger partial charge in [0.25, 0.3) is 0 Å². The number of H-pyrrole nitrogens is 1. The van der Waals surface area contributed by atoms with E-state index in [4.69, 9.17) is 0 Å². The molecule has 0 saturated heterocycles. The summed E-state index contributed by atoms with van der Waals surface area (Å²) >= 11 is 5.96. The molecule has 0 saturated carbocycles. The van der Waals surface area contributed by atoms with Crippen molar-refractivity contribution in [2.75, 3.05) is 0 Å². The molecule has 0 fully saturated rings. The van der Waals surface area contributed by atoms with Crippen molar-refractivity contribution in [3.8, 4) is 0 Å². The van der Waals surface area contributed by atoms with Crippen LogP contribution in [0.25, 0.3) is 11.0 Å². The molecule has 0 bridgehead atoms. The topological polar surface area (TPSA) is 41.6 Å². The molecule has 0 radical (unpaired) electrons. The molecule has 0 atom stereocenters. The number of rotatable bonds is 0. The summed E-state index contributed by atoms with van der Waals surface area (Å²) in [5, 5.41) is 9.36. The van der Waals surface area contributed by atoms with Gasteiger partial charge in [0.2, 0.25) is 0 Å². The molecular weight excluding hydrogens is 312 g/mol. The molecule has 2 rings (SSSR count). The quantitative estimate of drug-likeness (QED) is 0.600. The first kappa shape index (κ1) is 9.01. The van der Waals surface area contributed by atoms with Gasteiger partial charge in [-0.25, -0.2) is 8.78 Å². The molecule has 3 nitrogen and oxygen atoms in total. The third-order valence-electron chi connectivity index (χ3n) is 1.54. The number of benzene rings is 1. The maximum atomic E-state index is 13.1. The predicted octanol–water partition coefficient (Wildman–Crippen LogP) is 2.76. The molecule has 0 spiro atoms. The largest absolute Gasteiger partial charge is 0.202 e. The number of fused-ring (bicyclic) bond motifs is 1. The summed E-state index contributed by atoms with van der Waals surface area (Å²) in [5.41, 5.74) is 0.137. The summed E-state index contributed by atoms with van der Waals surface area (Å²) in [6.45, 7) is 0. The van der Waals surface area contributed by atoms with Crippen LogP contribution in [0.1, 0.15) is 0 Å². The summed E-state index contributed by atoms with van der Waals surface area (Å²) in [7, 11) is 0. The number of hydrogen-bond acceptors (Lipinski definition) is 2. The summed E-state index contributed by atoms with van der Waals surface area (Å²) in [6.07, 6.45) is 0. The maximum absolute atomic E-state index is 13.1. The number of nitrogens with one attached hydrogen (secondary N) is 1. The van der Waals surface area contributed by atoms with Crippen LogP contribution in [0.5, 0.6) is 0 Å². The van der Waals surface area contributed by atoms with E-state index in [-0.39, 0.29) is 15.5 Å². The molecular formula is C6HBr2F2N3. The van der Waals surface area contributed by atoms with E-state index in [0.29, 0.717) is 4.47 Å². The van der Waals surface area contributed by atoms with Crippen molar-refractivity contribution >= 4 is 42.9 Å². The second-order valence-corrected chi connectivity index (χ2v) is 3.86. The monoisotopic (exact) mass is 311 g/mol. The highest BCUT2D eigenvalue weighted by molar-refractivity contribution is 9.13. The zero-order valence-corrected chi connectivity index (χ0v) is 9.08. The Morgan fingerprint density at radius 1 is 0.923 bits per heavy atom. The van der Waals surface area contributed by atoms with Crippen molar-refractivity contribution in [1.82, 2.24) is 15.4 Å². The molecule has 0 aliphatic rings. The number of nitrogens with zero attached hydrogens (tertiary/aromatic N) is 2. The second kappa shape index (κ2) is 2.98. The Labute approximate surface area is 87.8 Å². The number of hydrogen-bond donors (Lipinski definition) is 1. The van der Waals surface area contributed by atoms with Crippen molar-refractivity contribution in [3.05, 3.63) is 20.6 Å². The van der Waals surface area contributed by atoms with Crippen molar-refractivity contribution in [2.24, 2.45) is 0 Å². The lowest BCUT2D eigenvalue weighted by atomic mass is 10.3. The summed E-state index contributed by atoms with van der Waals surface area (Å²) in [6, 6.07) is 0. The van der Waals surface area contributed by atoms with Crippen LogP contribution in [-0.2, 0) is 0 Å². The highest BCUT2D eigenvalue weighted by Gasteiger charge is 2.19. The lowest BCUT2D eigenvalue weighted by Gasteiger charge is -1.99. The molecule has 0 unspecified atom stereocenters. The minimum atomic E-state index is -1.01. The van der Waals surface area contributed by atoms with Gasteiger partial charge < -0.3 is 0 Å². The fraction of sp³-hybridized carbons (Fsp3) is 0. The van der Waals surface area contributed by atoms with Crippen LogP contribution in [0.15, 0.2) is 8.95 Å². The smallest absolute Gasteiger partial charge is 0.189 e. The van der Waals surface area contributed by atoms with Crippen LogP contribution in [0.2, 0.25) is 0 Å². The van der Waals surface area contributed by atoms with E-state index in [9.17, 15) is 8.78 Å². The highest BCUT2D eigenvalue weighted by atomic mass is 79.9. The average molecular weight is 313 g/mol. The van der Waals surface area contributed by atoms with E-state index in [2.05, 4.69) is 47.3 Å². The Balaban J connectivity index is 3.02. The predicted molar refractivity (Wildman–Crippen MR) is 49.2 cm³/mol. The molecule has 1 aromatic carbocycles. The van der Waals surface area contributed by atoms with Crippen molar-refractivity contribution in [3.63, 3.8) is 0 Å². The van der Waals surface area contributed by atoms with Crippen LogP contribution in [0.3, 0.4) is 0 Å². The van der Waals surface area contributed by atoms with Crippen LogP contribution in [0, 0.1) is 11.6 Å². The van der Waals surface area contributed by atoms with Gasteiger partial charge in [-0.1, -0.05) is 0 Å². The number of halogens is 4. The molecule has 68 valence electrons. The van der Waals surface area contributed by atoms with Gasteiger partial charge >= 0.3 is 0 Å². The van der Waals surface area contributed by atoms with Gasteiger partial charge in [-0.05, 0) is 31.9 Å². The molecule has 1 N–H and O–H groups in total. The Morgan fingerprint density at radius 3 is 2.23 bits per heavy atom. The van der Waals surface area contributed by atoms with Gasteiger partial charge in [-0.2, -0.15) is 15.4 Å². The molecule has 7 heteroatoms. The third kappa shape index (κ3) is 1.18. The van der Waals surface area contributed by atoms with Gasteiger partial charge in [0.15, 0.2) is 17.2 Å². The van der Waals surface area contributed by atoms with E-state index in [1.165, 1.54) is 0 Å². The van der Waals surface area contributed by atoms with Gasteiger partial charge in [0, 0.05) is 0 Å². The first-order valence-corrected chi connectivity index (χ1v) is 4.74. The molecule has 2 aromatic rings. The Bertz CT molecular complexity index is 440. The molecule has 1 heterocycles. The zero-order valence-electron chi connectivity index (χ0n) is 5.91. The Kier molecular flexibility index (Phi) is 2.07. The first-order valence-electron chi connectivity index (χ1n) is 3.15. The van der Waals surface area contributed by atoms with E-state index >= 15 is 0 Å². The van der Waals surface area contributed by atoms with Crippen LogP contribution in [0.4, 0.5) is 8.78 Å². The SMILES string of the molecule is Fc1c(Br)c(Br)c2n[nH]nc2c1F. The Morgan fingerprint density at radius 2 is 1.54 bits per heavy atom. The normalized spacial score (nSPS) is 11.1. The standard InChI is InChI=1S/C6HBr2F2N3/c7-1-2(8)5-6(12-13-11-5)4(10)3(1)9/h(H,11,12,13). The van der Waals surface area contributed by atoms with E-state index in [1.54, 1.807) is 0 Å². The van der Waals surface area contributed by atoms with E-state index < -0.39 is 11.6 Å². The summed E-state index contributed by atoms with van der Waals surface area (Å²) in [5.74, 6) is -1.99. The number of aromatic nitrogens is 3. The fourth-order valence-electron chi connectivity index (χ4n) is 0.938. The van der Waals surface area contributed by atoms with Crippen molar-refractivity contribution in [1.29, 1.82) is 0 Å². The van der Waals surface area contributed by atoms with Gasteiger partial charge in [-0.3, -0.25) is 0 Å². The average Bonchev–Trinajstić information content (AvgIpc) is 2.59. The minimum absolute atomic E-state index is 0.00593. The highest BCUT2D eigenvalue weighted by Crippen LogP contribution is 2.33. The minimum Gasteiger partial charge on any atom is -0.202 e. The molecule has 0 aliphatic heterocycles. The summed E-state index contributed by atoms with van der Waals surface area (Å²) in [4.78, 5) is 0. The lowest BCUT2D eigenvalue weighted by molar-refractivity contribution is 0.510. The molecule has 13 heavy (non-hydrogen) atoms. The van der Waals surface area contributed by atoms with E-state index in [0.717, 1.165) is 0 Å². The fourth-order valence-corrected chi connectivity index (χ4v) is 1.75. The summed E-state index contributed by atoms with van der Waals surface area (Å²) < 4.78 is 26.5. The van der Waals surface area contributed by atoms with Gasteiger partial charge in [0.05, 0.1) is 8.95 Å². The Hall–Kier alpha value is -0.560. The molecule has 0 aliphatic carbocycles.